The van der Waals surface area contributed by atoms with Crippen molar-refractivity contribution in [2.45, 2.75) is 27.2 Å². The summed E-state index contributed by atoms with van der Waals surface area (Å²) < 4.78 is 2.08. The van der Waals surface area contributed by atoms with Gasteiger partial charge in [0.05, 0.1) is 0 Å². The molecule has 1 heterocycles. The van der Waals surface area contributed by atoms with E-state index < -0.39 is 0 Å². The third-order valence-corrected chi connectivity index (χ3v) is 2.91. The number of benzene rings is 1. The summed E-state index contributed by atoms with van der Waals surface area (Å²) in [7, 11) is 0. The molecule has 0 radical (unpaired) electrons. The van der Waals surface area contributed by atoms with Crippen molar-refractivity contribution in [1.82, 2.24) is 4.57 Å². The molecule has 0 amide bonds. The highest BCUT2D eigenvalue weighted by Crippen LogP contribution is 2.16. The van der Waals surface area contributed by atoms with Crippen LogP contribution in [0, 0.1) is 13.8 Å². The zero-order valence-corrected chi connectivity index (χ0v) is 10.5. The van der Waals surface area contributed by atoms with Crippen molar-refractivity contribution < 1.29 is 4.79 Å². The zero-order valence-electron chi connectivity index (χ0n) is 10.5. The van der Waals surface area contributed by atoms with E-state index in [0.29, 0.717) is 6.42 Å². The second kappa shape index (κ2) is 4.58. The second-order valence-electron chi connectivity index (χ2n) is 4.59. The second-order valence-corrected chi connectivity index (χ2v) is 4.59. The fraction of sp³-hybridized carbons (Fsp3) is 0.267. The van der Waals surface area contributed by atoms with Gasteiger partial charge in [0, 0.05) is 24.5 Å². The molecule has 0 unspecified atom stereocenters. The summed E-state index contributed by atoms with van der Waals surface area (Å²) in [4.78, 5) is 11.1. The lowest BCUT2D eigenvalue weighted by Gasteiger charge is -2.02. The SMILES string of the molecule is CC(=O)Cc1cn(-c2ccc(C)cc2)cc1C. The smallest absolute Gasteiger partial charge is 0.134 e. The van der Waals surface area contributed by atoms with Crippen molar-refractivity contribution in [3.05, 3.63) is 53.3 Å². The van der Waals surface area contributed by atoms with E-state index in [4.69, 9.17) is 0 Å². The number of Topliss-reactive ketones (excluding diaryl/α,β-unsaturated/α-hetero) is 1. The standard InChI is InChI=1S/C15H17NO/c1-11-4-6-15(7-5-11)16-9-12(2)14(10-16)8-13(3)17/h4-7,9-10H,8H2,1-3H3. The van der Waals surface area contributed by atoms with E-state index in [1.54, 1.807) is 6.92 Å². The Bertz CT molecular complexity index is 535. The summed E-state index contributed by atoms with van der Waals surface area (Å²) in [6.45, 7) is 5.75. The fourth-order valence-electron chi connectivity index (χ4n) is 1.92. The molecule has 88 valence electrons. The third kappa shape index (κ3) is 2.64. The Morgan fingerprint density at radius 2 is 1.76 bits per heavy atom. The summed E-state index contributed by atoms with van der Waals surface area (Å²) in [5.74, 6) is 0.203. The Morgan fingerprint density at radius 3 is 2.35 bits per heavy atom. The number of hydrogen-bond donors (Lipinski definition) is 0. The molecular formula is C15H17NO. The molecule has 0 aliphatic rings. The summed E-state index contributed by atoms with van der Waals surface area (Å²) in [6, 6.07) is 8.36. The van der Waals surface area contributed by atoms with E-state index in [1.165, 1.54) is 11.1 Å². The van der Waals surface area contributed by atoms with Crippen LogP contribution < -0.4 is 0 Å². The Hall–Kier alpha value is -1.83. The van der Waals surface area contributed by atoms with E-state index in [2.05, 4.69) is 42.0 Å². The molecule has 0 bridgehead atoms. The molecule has 1 aromatic heterocycles. The molecule has 0 saturated heterocycles. The molecule has 2 aromatic rings. The highest BCUT2D eigenvalue weighted by Gasteiger charge is 2.06. The van der Waals surface area contributed by atoms with E-state index in [9.17, 15) is 4.79 Å². The van der Waals surface area contributed by atoms with Crippen molar-refractivity contribution in [3.8, 4) is 5.69 Å². The Kier molecular flexibility index (Phi) is 3.14. The quantitative estimate of drug-likeness (QED) is 0.789. The molecule has 2 nitrogen and oxygen atoms in total. The minimum atomic E-state index is 0.203. The summed E-state index contributed by atoms with van der Waals surface area (Å²) in [5, 5.41) is 0. The van der Waals surface area contributed by atoms with Crippen molar-refractivity contribution in [2.24, 2.45) is 0 Å². The lowest BCUT2D eigenvalue weighted by atomic mass is 10.1. The zero-order chi connectivity index (χ0) is 12.4. The maximum absolute atomic E-state index is 11.1. The predicted molar refractivity (Wildman–Crippen MR) is 69.6 cm³/mol. The minimum absolute atomic E-state index is 0.203. The minimum Gasteiger partial charge on any atom is -0.323 e. The summed E-state index contributed by atoms with van der Waals surface area (Å²) >= 11 is 0. The molecule has 0 atom stereocenters. The van der Waals surface area contributed by atoms with Crippen LogP contribution in [-0.4, -0.2) is 10.4 Å². The lowest BCUT2D eigenvalue weighted by Crippen LogP contribution is -1.96. The van der Waals surface area contributed by atoms with Crippen molar-refractivity contribution in [2.75, 3.05) is 0 Å². The van der Waals surface area contributed by atoms with Gasteiger partial charge in [-0.05, 0) is 44.0 Å². The Morgan fingerprint density at radius 1 is 1.12 bits per heavy atom. The van der Waals surface area contributed by atoms with Crippen LogP contribution >= 0.6 is 0 Å². The van der Waals surface area contributed by atoms with Gasteiger partial charge in [0.25, 0.3) is 0 Å². The van der Waals surface area contributed by atoms with Gasteiger partial charge in [-0.25, -0.2) is 0 Å². The Labute approximate surface area is 102 Å². The first kappa shape index (κ1) is 11.6. The Balaban J connectivity index is 2.34. The summed E-state index contributed by atoms with van der Waals surface area (Å²) in [5.41, 5.74) is 4.66. The average Bonchev–Trinajstić information content (AvgIpc) is 2.60. The van der Waals surface area contributed by atoms with Crippen LogP contribution in [0.4, 0.5) is 0 Å². The molecule has 1 aromatic carbocycles. The molecule has 0 aliphatic heterocycles. The summed E-state index contributed by atoms with van der Waals surface area (Å²) in [6.07, 6.45) is 4.63. The first-order chi connectivity index (χ1) is 8.06. The molecule has 0 fully saturated rings. The van der Waals surface area contributed by atoms with Crippen LogP contribution in [0.15, 0.2) is 36.7 Å². The van der Waals surface area contributed by atoms with Crippen LogP contribution in [0.25, 0.3) is 5.69 Å². The number of ketones is 1. The van der Waals surface area contributed by atoms with Gasteiger partial charge in [0.2, 0.25) is 0 Å². The van der Waals surface area contributed by atoms with Crippen LogP contribution in [-0.2, 0) is 11.2 Å². The number of carbonyl (C=O) groups is 1. The van der Waals surface area contributed by atoms with E-state index in [1.807, 2.05) is 13.1 Å². The number of aryl methyl sites for hydroxylation is 2. The van der Waals surface area contributed by atoms with Gasteiger partial charge in [-0.3, -0.25) is 4.79 Å². The average molecular weight is 227 g/mol. The number of rotatable bonds is 3. The van der Waals surface area contributed by atoms with Crippen LogP contribution in [0.5, 0.6) is 0 Å². The third-order valence-electron chi connectivity index (χ3n) is 2.91. The van der Waals surface area contributed by atoms with Crippen molar-refractivity contribution in [1.29, 1.82) is 0 Å². The highest BCUT2D eigenvalue weighted by molar-refractivity contribution is 5.78. The molecule has 0 N–H and O–H groups in total. The normalized spacial score (nSPS) is 10.5. The molecule has 0 spiro atoms. The molecule has 17 heavy (non-hydrogen) atoms. The van der Waals surface area contributed by atoms with Crippen molar-refractivity contribution >= 4 is 5.78 Å². The van der Waals surface area contributed by atoms with E-state index in [0.717, 1.165) is 11.3 Å². The maximum atomic E-state index is 11.1. The van der Waals surface area contributed by atoms with E-state index >= 15 is 0 Å². The first-order valence-electron chi connectivity index (χ1n) is 5.80. The molecule has 2 heteroatoms. The lowest BCUT2D eigenvalue weighted by molar-refractivity contribution is -0.116. The number of carbonyl (C=O) groups excluding carboxylic acids is 1. The molecular weight excluding hydrogens is 210 g/mol. The maximum Gasteiger partial charge on any atom is 0.134 e. The predicted octanol–water partition coefficient (Wildman–Crippen LogP) is 3.23. The van der Waals surface area contributed by atoms with Gasteiger partial charge in [0.15, 0.2) is 0 Å². The van der Waals surface area contributed by atoms with Gasteiger partial charge < -0.3 is 4.57 Å². The topological polar surface area (TPSA) is 22.0 Å². The molecule has 0 aliphatic carbocycles. The monoisotopic (exact) mass is 227 g/mol. The first-order valence-corrected chi connectivity index (χ1v) is 5.80. The number of nitrogens with zero attached hydrogens (tertiary/aromatic N) is 1. The fourth-order valence-corrected chi connectivity index (χ4v) is 1.92. The van der Waals surface area contributed by atoms with Crippen LogP contribution in [0.3, 0.4) is 0 Å². The van der Waals surface area contributed by atoms with Gasteiger partial charge in [-0.2, -0.15) is 0 Å². The number of hydrogen-bond acceptors (Lipinski definition) is 1. The van der Waals surface area contributed by atoms with E-state index in [-0.39, 0.29) is 5.78 Å². The van der Waals surface area contributed by atoms with Gasteiger partial charge in [-0.1, -0.05) is 17.7 Å². The number of aromatic nitrogens is 1. The van der Waals surface area contributed by atoms with Crippen molar-refractivity contribution in [3.63, 3.8) is 0 Å². The van der Waals surface area contributed by atoms with Gasteiger partial charge in [-0.15, -0.1) is 0 Å². The van der Waals surface area contributed by atoms with Crippen LogP contribution in [0.1, 0.15) is 23.6 Å². The largest absolute Gasteiger partial charge is 0.323 e. The molecule has 0 saturated carbocycles. The van der Waals surface area contributed by atoms with Gasteiger partial charge in [0.1, 0.15) is 5.78 Å². The highest BCUT2D eigenvalue weighted by atomic mass is 16.1. The van der Waals surface area contributed by atoms with Crippen LogP contribution in [0.2, 0.25) is 0 Å². The molecule has 2 rings (SSSR count). The van der Waals surface area contributed by atoms with Gasteiger partial charge >= 0.3 is 0 Å².